The lowest BCUT2D eigenvalue weighted by Gasteiger charge is -2.24. The molecule has 0 heterocycles. The Kier molecular flexibility index (Phi) is 2.30. The van der Waals surface area contributed by atoms with Crippen molar-refractivity contribution in [1.29, 1.82) is 0 Å². The predicted octanol–water partition coefficient (Wildman–Crippen LogP) is 1.07. The minimum atomic E-state index is 0.741. The van der Waals surface area contributed by atoms with E-state index in [2.05, 4.69) is 4.84 Å². The number of hydrogen-bond acceptors (Lipinski definition) is 2. The summed E-state index contributed by atoms with van der Waals surface area (Å²) in [6, 6.07) is 0. The zero-order valence-corrected chi connectivity index (χ0v) is 5.10. The highest BCUT2D eigenvalue weighted by atomic mass is 16.6. The van der Waals surface area contributed by atoms with Crippen LogP contribution in [0.2, 0.25) is 0 Å². The van der Waals surface area contributed by atoms with Gasteiger partial charge in [-0.05, 0) is 12.3 Å². The van der Waals surface area contributed by atoms with Crippen LogP contribution < -0.4 is 5.90 Å². The Morgan fingerprint density at radius 3 is 2.62 bits per heavy atom. The lowest BCUT2D eigenvalue weighted by Crippen LogP contribution is -2.14. The molecule has 1 rings (SSSR count). The van der Waals surface area contributed by atoms with E-state index in [-0.39, 0.29) is 0 Å². The van der Waals surface area contributed by atoms with Gasteiger partial charge >= 0.3 is 0 Å². The number of rotatable bonds is 3. The van der Waals surface area contributed by atoms with Crippen molar-refractivity contribution in [2.24, 2.45) is 11.8 Å². The van der Waals surface area contributed by atoms with E-state index in [4.69, 9.17) is 5.90 Å². The summed E-state index contributed by atoms with van der Waals surface area (Å²) in [7, 11) is 0. The van der Waals surface area contributed by atoms with Crippen LogP contribution in [0.3, 0.4) is 0 Å². The van der Waals surface area contributed by atoms with Crippen molar-refractivity contribution in [2.45, 2.75) is 25.7 Å². The van der Waals surface area contributed by atoms with Crippen molar-refractivity contribution in [3.8, 4) is 0 Å². The first-order valence-electron chi connectivity index (χ1n) is 3.25. The molecule has 0 unspecified atom stereocenters. The lowest BCUT2D eigenvalue weighted by atomic mass is 9.83. The Bertz CT molecular complexity index is 61.5. The van der Waals surface area contributed by atoms with Gasteiger partial charge in [-0.25, -0.2) is 5.90 Å². The summed E-state index contributed by atoms with van der Waals surface area (Å²) in [6.07, 6.45) is 5.36. The van der Waals surface area contributed by atoms with Crippen LogP contribution in [0.25, 0.3) is 0 Å². The average Bonchev–Trinajstić information content (AvgIpc) is 1.63. The zero-order valence-electron chi connectivity index (χ0n) is 5.10. The summed E-state index contributed by atoms with van der Waals surface area (Å²) in [5.41, 5.74) is 0. The molecule has 8 heavy (non-hydrogen) atoms. The Hall–Kier alpha value is -0.0800. The van der Waals surface area contributed by atoms with Crippen LogP contribution in [0, 0.1) is 5.92 Å². The van der Waals surface area contributed by atoms with Crippen molar-refractivity contribution in [3.05, 3.63) is 0 Å². The summed E-state index contributed by atoms with van der Waals surface area (Å²) in [4.78, 5) is 4.45. The Morgan fingerprint density at radius 2 is 2.25 bits per heavy atom. The molecule has 0 saturated heterocycles. The summed E-state index contributed by atoms with van der Waals surface area (Å²) in [5.74, 6) is 5.78. The third kappa shape index (κ3) is 1.46. The summed E-state index contributed by atoms with van der Waals surface area (Å²) >= 11 is 0. The molecule has 0 aromatic carbocycles. The molecule has 1 aliphatic rings. The smallest absolute Gasteiger partial charge is 0.0681 e. The maximum atomic E-state index is 4.86. The first kappa shape index (κ1) is 6.05. The van der Waals surface area contributed by atoms with Crippen LogP contribution in [0.4, 0.5) is 0 Å². The zero-order chi connectivity index (χ0) is 5.82. The highest BCUT2D eigenvalue weighted by molar-refractivity contribution is 4.68. The fourth-order valence-corrected chi connectivity index (χ4v) is 1.02. The van der Waals surface area contributed by atoms with E-state index < -0.39 is 0 Å². The molecule has 2 heteroatoms. The molecule has 0 aromatic rings. The fraction of sp³-hybridized carbons (Fsp3) is 1.00. The molecule has 0 amide bonds. The SMILES string of the molecule is NOCCC1CCC1. The second-order valence-corrected chi connectivity index (χ2v) is 2.46. The molecule has 0 bridgehead atoms. The van der Waals surface area contributed by atoms with Crippen molar-refractivity contribution < 1.29 is 4.84 Å². The molecular weight excluding hydrogens is 102 g/mol. The van der Waals surface area contributed by atoms with Gasteiger partial charge in [0.1, 0.15) is 0 Å². The fourth-order valence-electron chi connectivity index (χ4n) is 1.02. The van der Waals surface area contributed by atoms with Crippen molar-refractivity contribution in [1.82, 2.24) is 0 Å². The molecule has 1 fully saturated rings. The van der Waals surface area contributed by atoms with Crippen LogP contribution in [0.5, 0.6) is 0 Å². The molecule has 0 aliphatic heterocycles. The molecule has 0 radical (unpaired) electrons. The van der Waals surface area contributed by atoms with Crippen LogP contribution in [-0.2, 0) is 4.84 Å². The van der Waals surface area contributed by atoms with Gasteiger partial charge in [0.15, 0.2) is 0 Å². The molecule has 1 saturated carbocycles. The third-order valence-electron chi connectivity index (χ3n) is 1.87. The molecule has 0 aromatic heterocycles. The van der Waals surface area contributed by atoms with Gasteiger partial charge in [-0.1, -0.05) is 19.3 Å². The van der Waals surface area contributed by atoms with Crippen molar-refractivity contribution >= 4 is 0 Å². The highest BCUT2D eigenvalue weighted by Gasteiger charge is 2.15. The first-order valence-corrected chi connectivity index (χ1v) is 3.25. The van der Waals surface area contributed by atoms with Crippen LogP contribution in [0.1, 0.15) is 25.7 Å². The van der Waals surface area contributed by atoms with Crippen LogP contribution in [0.15, 0.2) is 0 Å². The van der Waals surface area contributed by atoms with E-state index in [0.29, 0.717) is 0 Å². The summed E-state index contributed by atoms with van der Waals surface area (Å²) in [6.45, 7) is 0.741. The van der Waals surface area contributed by atoms with Gasteiger partial charge < -0.3 is 4.84 Å². The third-order valence-corrected chi connectivity index (χ3v) is 1.87. The molecule has 48 valence electrons. The topological polar surface area (TPSA) is 35.2 Å². The second-order valence-electron chi connectivity index (χ2n) is 2.46. The Balaban J connectivity index is 1.86. The minimum Gasteiger partial charge on any atom is -0.305 e. The van der Waals surface area contributed by atoms with Crippen LogP contribution >= 0.6 is 0 Å². The maximum absolute atomic E-state index is 4.86. The molecule has 0 atom stereocenters. The molecule has 2 N–H and O–H groups in total. The molecule has 0 spiro atoms. The summed E-state index contributed by atoms with van der Waals surface area (Å²) < 4.78 is 0. The second kappa shape index (κ2) is 3.05. The van der Waals surface area contributed by atoms with Gasteiger partial charge in [0, 0.05) is 0 Å². The Labute approximate surface area is 50.0 Å². The number of nitrogens with two attached hydrogens (primary N) is 1. The Morgan fingerprint density at radius 1 is 1.50 bits per heavy atom. The summed E-state index contributed by atoms with van der Waals surface area (Å²) in [5, 5.41) is 0. The molecule has 2 nitrogen and oxygen atoms in total. The van der Waals surface area contributed by atoms with Gasteiger partial charge in [0.25, 0.3) is 0 Å². The van der Waals surface area contributed by atoms with E-state index in [1.165, 1.54) is 19.3 Å². The first-order chi connectivity index (χ1) is 3.93. The van der Waals surface area contributed by atoms with Crippen molar-refractivity contribution in [2.75, 3.05) is 6.61 Å². The van der Waals surface area contributed by atoms with Gasteiger partial charge in [-0.2, -0.15) is 0 Å². The van der Waals surface area contributed by atoms with E-state index in [9.17, 15) is 0 Å². The average molecular weight is 115 g/mol. The minimum absolute atomic E-state index is 0.741. The molecule has 1 aliphatic carbocycles. The van der Waals surface area contributed by atoms with E-state index in [1.807, 2.05) is 0 Å². The number of hydrogen-bond donors (Lipinski definition) is 1. The van der Waals surface area contributed by atoms with E-state index in [0.717, 1.165) is 18.9 Å². The monoisotopic (exact) mass is 115 g/mol. The highest BCUT2D eigenvalue weighted by Crippen LogP contribution is 2.28. The van der Waals surface area contributed by atoms with Gasteiger partial charge in [0.2, 0.25) is 0 Å². The normalized spacial score (nSPS) is 20.6. The van der Waals surface area contributed by atoms with E-state index >= 15 is 0 Å². The molecular formula is C6H13NO. The lowest BCUT2D eigenvalue weighted by molar-refractivity contribution is 0.108. The van der Waals surface area contributed by atoms with E-state index in [1.54, 1.807) is 0 Å². The standard InChI is InChI=1S/C6H13NO/c7-8-5-4-6-2-1-3-6/h6H,1-5,7H2. The van der Waals surface area contributed by atoms with Gasteiger partial charge in [-0.3, -0.25) is 0 Å². The van der Waals surface area contributed by atoms with Crippen LogP contribution in [-0.4, -0.2) is 6.61 Å². The largest absolute Gasteiger partial charge is 0.305 e. The van der Waals surface area contributed by atoms with Gasteiger partial charge in [0.05, 0.1) is 6.61 Å². The van der Waals surface area contributed by atoms with Gasteiger partial charge in [-0.15, -0.1) is 0 Å². The predicted molar refractivity (Wildman–Crippen MR) is 32.1 cm³/mol. The maximum Gasteiger partial charge on any atom is 0.0681 e. The quantitative estimate of drug-likeness (QED) is 0.558. The van der Waals surface area contributed by atoms with Crippen molar-refractivity contribution in [3.63, 3.8) is 0 Å².